The van der Waals surface area contributed by atoms with E-state index in [0.29, 0.717) is 11.5 Å². The number of carbonyl (C=O) groups excluding carboxylic acids is 1. The Bertz CT molecular complexity index is 665. The van der Waals surface area contributed by atoms with E-state index < -0.39 is 5.54 Å². The zero-order chi connectivity index (χ0) is 14.0. The summed E-state index contributed by atoms with van der Waals surface area (Å²) in [6.07, 6.45) is -0.146. The number of rotatable bonds is 3. The largest absolute Gasteiger partial charge is 0.441 e. The van der Waals surface area contributed by atoms with E-state index in [1.54, 1.807) is 6.92 Å². The number of nitrogens with zero attached hydrogens (tertiary/aromatic N) is 2. The Hall–Kier alpha value is -2.35. The Morgan fingerprint density at radius 1 is 1.53 bits per heavy atom. The van der Waals surface area contributed by atoms with Crippen LogP contribution in [0.25, 0.3) is 11.1 Å². The number of nitriles is 1. The third-order valence-electron chi connectivity index (χ3n) is 2.91. The number of hydrogen-bond donors (Lipinski definition) is 1. The molecular weight excluding hydrogens is 242 g/mol. The molecule has 98 valence electrons. The molecular formula is C14H15N3O2. The van der Waals surface area contributed by atoms with Crippen LogP contribution < -0.4 is 5.32 Å². The van der Waals surface area contributed by atoms with Crippen molar-refractivity contribution in [3.05, 3.63) is 29.7 Å². The summed E-state index contributed by atoms with van der Waals surface area (Å²) in [4.78, 5) is 15.8. The number of aryl methyl sites for hydroxylation is 1. The minimum Gasteiger partial charge on any atom is -0.441 e. The van der Waals surface area contributed by atoms with Crippen molar-refractivity contribution in [2.45, 2.75) is 32.7 Å². The van der Waals surface area contributed by atoms with Crippen molar-refractivity contribution in [3.8, 4) is 6.07 Å². The monoisotopic (exact) mass is 257 g/mol. The molecule has 5 nitrogen and oxygen atoms in total. The lowest BCUT2D eigenvalue weighted by molar-refractivity contribution is -0.121. The molecule has 1 aromatic carbocycles. The maximum absolute atomic E-state index is 11.5. The molecule has 19 heavy (non-hydrogen) atoms. The molecule has 0 bridgehead atoms. The number of nitrogens with one attached hydrogen (secondary N) is 1. The molecule has 0 atom stereocenters. The van der Waals surface area contributed by atoms with Gasteiger partial charge in [0.25, 0.3) is 0 Å². The van der Waals surface area contributed by atoms with Gasteiger partial charge in [0.15, 0.2) is 11.5 Å². The molecule has 5 heteroatoms. The summed E-state index contributed by atoms with van der Waals surface area (Å²) >= 11 is 0. The second kappa shape index (κ2) is 4.73. The van der Waals surface area contributed by atoms with E-state index in [1.807, 2.05) is 38.1 Å². The second-order valence-electron chi connectivity index (χ2n) is 4.92. The van der Waals surface area contributed by atoms with Crippen molar-refractivity contribution in [1.82, 2.24) is 10.3 Å². The zero-order valence-corrected chi connectivity index (χ0v) is 11.2. The summed E-state index contributed by atoms with van der Waals surface area (Å²) in [7, 11) is 0. The van der Waals surface area contributed by atoms with Crippen molar-refractivity contribution >= 4 is 17.0 Å². The van der Waals surface area contributed by atoms with Crippen LogP contribution >= 0.6 is 0 Å². The van der Waals surface area contributed by atoms with Gasteiger partial charge >= 0.3 is 0 Å². The van der Waals surface area contributed by atoms with Crippen LogP contribution in [0.1, 0.15) is 31.7 Å². The summed E-state index contributed by atoms with van der Waals surface area (Å²) in [5.74, 6) is 0.319. The normalized spacial score (nSPS) is 11.3. The Labute approximate surface area is 111 Å². The molecule has 0 unspecified atom stereocenters. The van der Waals surface area contributed by atoms with Gasteiger partial charge in [-0.1, -0.05) is 6.07 Å². The Morgan fingerprint density at radius 3 is 2.95 bits per heavy atom. The van der Waals surface area contributed by atoms with Crippen LogP contribution in [0.4, 0.5) is 0 Å². The van der Waals surface area contributed by atoms with Crippen LogP contribution in [-0.4, -0.2) is 10.9 Å². The molecule has 0 aliphatic carbocycles. The second-order valence-corrected chi connectivity index (χ2v) is 4.92. The molecule has 0 spiro atoms. The van der Waals surface area contributed by atoms with E-state index in [-0.39, 0.29) is 12.3 Å². The summed E-state index contributed by atoms with van der Waals surface area (Å²) in [5.41, 5.74) is 1.82. The van der Waals surface area contributed by atoms with E-state index in [1.165, 1.54) is 0 Å². The molecule has 1 N–H and O–H groups in total. The van der Waals surface area contributed by atoms with Crippen molar-refractivity contribution in [3.63, 3.8) is 0 Å². The number of amides is 1. The highest BCUT2D eigenvalue weighted by Gasteiger charge is 2.23. The molecule has 2 rings (SSSR count). The average Bonchev–Trinajstić information content (AvgIpc) is 2.67. The van der Waals surface area contributed by atoms with E-state index in [4.69, 9.17) is 9.68 Å². The number of carbonyl (C=O) groups is 1. The van der Waals surface area contributed by atoms with Crippen LogP contribution in [0, 0.1) is 18.3 Å². The van der Waals surface area contributed by atoms with E-state index >= 15 is 0 Å². The van der Waals surface area contributed by atoms with Gasteiger partial charge in [0.1, 0.15) is 11.9 Å². The molecule has 1 amide bonds. The summed E-state index contributed by atoms with van der Waals surface area (Å²) in [6.45, 7) is 5.55. The average molecular weight is 257 g/mol. The third-order valence-corrected chi connectivity index (χ3v) is 2.91. The minimum atomic E-state index is -0.567. The van der Waals surface area contributed by atoms with Crippen LogP contribution in [-0.2, 0) is 10.3 Å². The Morgan fingerprint density at radius 2 is 2.26 bits per heavy atom. The third kappa shape index (κ3) is 2.74. The molecule has 0 aliphatic rings. The first kappa shape index (κ1) is 13.1. The maximum Gasteiger partial charge on any atom is 0.234 e. The van der Waals surface area contributed by atoms with Gasteiger partial charge in [-0.15, -0.1) is 0 Å². The van der Waals surface area contributed by atoms with Gasteiger partial charge in [-0.25, -0.2) is 4.98 Å². The molecule has 0 saturated carbocycles. The van der Waals surface area contributed by atoms with Gasteiger partial charge in [-0.3, -0.25) is 4.79 Å². The zero-order valence-electron chi connectivity index (χ0n) is 11.2. The lowest BCUT2D eigenvalue weighted by Gasteiger charge is -2.26. The van der Waals surface area contributed by atoms with Crippen molar-refractivity contribution in [2.24, 2.45) is 0 Å². The van der Waals surface area contributed by atoms with E-state index in [2.05, 4.69) is 10.3 Å². The summed E-state index contributed by atoms with van der Waals surface area (Å²) < 4.78 is 5.48. The highest BCUT2D eigenvalue weighted by Crippen LogP contribution is 2.25. The van der Waals surface area contributed by atoms with Gasteiger partial charge in [0.2, 0.25) is 5.91 Å². The molecule has 0 saturated heterocycles. The van der Waals surface area contributed by atoms with Gasteiger partial charge in [-0.2, -0.15) is 5.26 Å². The molecule has 2 aromatic rings. The smallest absolute Gasteiger partial charge is 0.234 e. The van der Waals surface area contributed by atoms with Gasteiger partial charge in [0.05, 0.1) is 11.6 Å². The maximum atomic E-state index is 11.5. The van der Waals surface area contributed by atoms with Crippen LogP contribution in [0.2, 0.25) is 0 Å². The van der Waals surface area contributed by atoms with Gasteiger partial charge < -0.3 is 9.73 Å². The van der Waals surface area contributed by atoms with Crippen molar-refractivity contribution < 1.29 is 9.21 Å². The number of hydrogen-bond acceptors (Lipinski definition) is 4. The highest BCUT2D eigenvalue weighted by molar-refractivity contribution is 5.79. The van der Waals surface area contributed by atoms with Gasteiger partial charge in [-0.05, 0) is 31.5 Å². The lowest BCUT2D eigenvalue weighted by Crippen LogP contribution is -2.40. The van der Waals surface area contributed by atoms with Crippen molar-refractivity contribution in [1.29, 1.82) is 5.26 Å². The Balaban J connectivity index is 2.31. The molecule has 0 aliphatic heterocycles. The molecule has 1 aromatic heterocycles. The number of fused-ring (bicyclic) bond motifs is 1. The first-order chi connectivity index (χ1) is 8.92. The minimum absolute atomic E-state index is 0.146. The number of benzene rings is 1. The van der Waals surface area contributed by atoms with Crippen LogP contribution in [0.3, 0.4) is 0 Å². The fourth-order valence-corrected chi connectivity index (χ4v) is 1.97. The van der Waals surface area contributed by atoms with E-state index in [9.17, 15) is 4.79 Å². The van der Waals surface area contributed by atoms with E-state index in [0.717, 1.165) is 11.1 Å². The number of aromatic nitrogens is 1. The lowest BCUT2D eigenvalue weighted by atomic mass is 9.94. The van der Waals surface area contributed by atoms with Crippen molar-refractivity contribution in [2.75, 3.05) is 0 Å². The highest BCUT2D eigenvalue weighted by atomic mass is 16.3. The topological polar surface area (TPSA) is 78.9 Å². The summed E-state index contributed by atoms with van der Waals surface area (Å²) in [6, 6.07) is 7.46. The SMILES string of the molecule is Cc1nc2ccc(C(C)(C)NC(=O)CC#N)cc2o1. The Kier molecular flexibility index (Phi) is 3.26. The fraction of sp³-hybridized carbons (Fsp3) is 0.357. The molecule has 0 radical (unpaired) electrons. The first-order valence-corrected chi connectivity index (χ1v) is 5.98. The quantitative estimate of drug-likeness (QED) is 0.915. The predicted molar refractivity (Wildman–Crippen MR) is 70.1 cm³/mol. The number of oxazole rings is 1. The molecule has 0 fully saturated rings. The standard InChI is InChI=1S/C14H15N3O2/c1-9-16-11-5-4-10(8-12(11)19-9)14(2,3)17-13(18)6-7-15/h4-5,8H,6H2,1-3H3,(H,17,18). The fourth-order valence-electron chi connectivity index (χ4n) is 1.97. The van der Waals surface area contributed by atoms with Crippen LogP contribution in [0.5, 0.6) is 0 Å². The molecule has 1 heterocycles. The van der Waals surface area contributed by atoms with Gasteiger partial charge in [0, 0.05) is 6.92 Å². The summed E-state index contributed by atoms with van der Waals surface area (Å²) in [5, 5.41) is 11.3. The predicted octanol–water partition coefficient (Wildman–Crippen LogP) is 2.40. The first-order valence-electron chi connectivity index (χ1n) is 5.98. The van der Waals surface area contributed by atoms with Crippen LogP contribution in [0.15, 0.2) is 22.6 Å².